The Hall–Kier alpha value is -3.87. The summed E-state index contributed by atoms with van der Waals surface area (Å²) < 4.78 is 8.40. The van der Waals surface area contributed by atoms with E-state index in [1.807, 2.05) is 43.3 Å². The molecule has 0 aliphatic carbocycles. The van der Waals surface area contributed by atoms with Gasteiger partial charge < -0.3 is 14.6 Å². The van der Waals surface area contributed by atoms with Gasteiger partial charge in [-0.15, -0.1) is 0 Å². The summed E-state index contributed by atoms with van der Waals surface area (Å²) in [5.74, 6) is 0.570. The minimum Gasteiger partial charge on any atom is -0.497 e. The van der Waals surface area contributed by atoms with Crippen molar-refractivity contribution in [3.63, 3.8) is 0 Å². The van der Waals surface area contributed by atoms with Crippen LogP contribution in [0.25, 0.3) is 16.8 Å². The number of carbonyl (C=O) groups excluding carboxylic acids is 1. The normalized spacial score (nSPS) is 10.9. The second-order valence-corrected chi connectivity index (χ2v) is 7.01. The molecular formula is C23H22N4O3. The molecule has 0 unspecified atom stereocenters. The minimum atomic E-state index is -0.163. The van der Waals surface area contributed by atoms with Crippen molar-refractivity contribution in [3.05, 3.63) is 88.5 Å². The van der Waals surface area contributed by atoms with Crippen LogP contribution >= 0.6 is 0 Å². The highest BCUT2D eigenvalue weighted by Gasteiger charge is 2.10. The highest BCUT2D eigenvalue weighted by atomic mass is 16.5. The van der Waals surface area contributed by atoms with Crippen molar-refractivity contribution in [2.75, 3.05) is 13.7 Å². The van der Waals surface area contributed by atoms with Crippen LogP contribution in [0.1, 0.15) is 15.9 Å². The number of nitrogens with one attached hydrogen (secondary N) is 1. The predicted molar refractivity (Wildman–Crippen MR) is 115 cm³/mol. The summed E-state index contributed by atoms with van der Waals surface area (Å²) >= 11 is 0. The van der Waals surface area contributed by atoms with E-state index < -0.39 is 0 Å². The summed E-state index contributed by atoms with van der Waals surface area (Å²) in [5, 5.41) is 7.34. The second-order valence-electron chi connectivity index (χ2n) is 7.01. The number of benzene rings is 2. The van der Waals surface area contributed by atoms with Crippen molar-refractivity contribution in [1.29, 1.82) is 0 Å². The molecular weight excluding hydrogens is 380 g/mol. The van der Waals surface area contributed by atoms with Gasteiger partial charge in [-0.1, -0.05) is 29.8 Å². The van der Waals surface area contributed by atoms with Gasteiger partial charge in [0.25, 0.3) is 11.5 Å². The number of rotatable bonds is 6. The summed E-state index contributed by atoms with van der Waals surface area (Å²) in [7, 11) is 1.61. The van der Waals surface area contributed by atoms with Crippen LogP contribution in [0.4, 0.5) is 0 Å². The third kappa shape index (κ3) is 3.96. The number of aryl methyl sites for hydroxylation is 1. The van der Waals surface area contributed by atoms with Gasteiger partial charge in [0.1, 0.15) is 11.3 Å². The molecule has 0 aliphatic rings. The van der Waals surface area contributed by atoms with Crippen LogP contribution < -0.4 is 15.6 Å². The van der Waals surface area contributed by atoms with Gasteiger partial charge in [-0.25, -0.2) is 4.52 Å². The Morgan fingerprint density at radius 3 is 2.67 bits per heavy atom. The topological polar surface area (TPSA) is 77.6 Å². The SMILES string of the molecule is COc1cccc(-c2cc3c(=O)n(CCNC(=O)c4ccc(C)cc4)ccn3n2)c1. The van der Waals surface area contributed by atoms with Crippen molar-refractivity contribution >= 4 is 11.4 Å². The van der Waals surface area contributed by atoms with Gasteiger partial charge >= 0.3 is 0 Å². The van der Waals surface area contributed by atoms with Gasteiger partial charge in [-0.2, -0.15) is 5.10 Å². The molecule has 1 N–H and O–H groups in total. The maximum absolute atomic E-state index is 12.8. The Morgan fingerprint density at radius 1 is 1.10 bits per heavy atom. The highest BCUT2D eigenvalue weighted by molar-refractivity contribution is 5.94. The van der Waals surface area contributed by atoms with Gasteiger partial charge in [-0.05, 0) is 37.3 Å². The number of fused-ring (bicyclic) bond motifs is 1. The molecule has 0 saturated heterocycles. The number of aromatic nitrogens is 3. The molecule has 4 rings (SSSR count). The molecule has 0 bridgehead atoms. The van der Waals surface area contributed by atoms with Crippen LogP contribution in [-0.4, -0.2) is 33.7 Å². The van der Waals surface area contributed by atoms with Gasteiger partial charge in [-0.3, -0.25) is 9.59 Å². The summed E-state index contributed by atoms with van der Waals surface area (Å²) in [5.41, 5.74) is 3.57. The fourth-order valence-electron chi connectivity index (χ4n) is 3.22. The first kappa shape index (κ1) is 19.4. The minimum absolute atomic E-state index is 0.159. The molecule has 0 atom stereocenters. The monoisotopic (exact) mass is 402 g/mol. The summed E-state index contributed by atoms with van der Waals surface area (Å²) in [4.78, 5) is 25.1. The fraction of sp³-hybridized carbons (Fsp3) is 0.174. The van der Waals surface area contributed by atoms with E-state index in [1.54, 1.807) is 46.8 Å². The third-order valence-electron chi connectivity index (χ3n) is 4.92. The smallest absolute Gasteiger partial charge is 0.276 e. The van der Waals surface area contributed by atoms with Crippen molar-refractivity contribution < 1.29 is 9.53 Å². The first-order valence-electron chi connectivity index (χ1n) is 9.63. The summed E-state index contributed by atoms with van der Waals surface area (Å²) in [6.45, 7) is 2.69. The fourth-order valence-corrected chi connectivity index (χ4v) is 3.22. The zero-order chi connectivity index (χ0) is 21.1. The highest BCUT2D eigenvalue weighted by Crippen LogP contribution is 2.23. The molecule has 1 amide bonds. The lowest BCUT2D eigenvalue weighted by Gasteiger charge is -2.08. The largest absolute Gasteiger partial charge is 0.497 e. The van der Waals surface area contributed by atoms with E-state index in [9.17, 15) is 9.59 Å². The number of methoxy groups -OCH3 is 1. The molecule has 4 aromatic rings. The van der Waals surface area contributed by atoms with Crippen LogP contribution in [0.15, 0.2) is 71.8 Å². The van der Waals surface area contributed by atoms with Crippen molar-refractivity contribution in [3.8, 4) is 17.0 Å². The number of amides is 1. The number of nitrogens with zero attached hydrogens (tertiary/aromatic N) is 3. The quantitative estimate of drug-likeness (QED) is 0.538. The number of ether oxygens (including phenoxy) is 1. The Balaban J connectivity index is 1.50. The molecule has 7 nitrogen and oxygen atoms in total. The van der Waals surface area contributed by atoms with Gasteiger partial charge in [0, 0.05) is 36.6 Å². The molecule has 0 saturated carbocycles. The van der Waals surface area contributed by atoms with Crippen LogP contribution in [-0.2, 0) is 6.54 Å². The first-order chi connectivity index (χ1) is 14.5. The molecule has 0 aliphatic heterocycles. The molecule has 7 heteroatoms. The van der Waals surface area contributed by atoms with Gasteiger partial charge in [0.15, 0.2) is 0 Å². The molecule has 2 aromatic heterocycles. The molecule has 152 valence electrons. The van der Waals surface area contributed by atoms with E-state index in [0.717, 1.165) is 16.9 Å². The number of carbonyl (C=O) groups is 1. The first-order valence-corrected chi connectivity index (χ1v) is 9.63. The van der Waals surface area contributed by atoms with E-state index in [0.29, 0.717) is 29.9 Å². The molecule has 2 aromatic carbocycles. The second kappa shape index (κ2) is 8.24. The lowest BCUT2D eigenvalue weighted by atomic mass is 10.1. The summed E-state index contributed by atoms with van der Waals surface area (Å²) in [6.07, 6.45) is 3.41. The molecule has 2 heterocycles. The molecule has 0 spiro atoms. The molecule has 30 heavy (non-hydrogen) atoms. The zero-order valence-corrected chi connectivity index (χ0v) is 16.8. The van der Waals surface area contributed by atoms with Crippen molar-refractivity contribution in [1.82, 2.24) is 19.5 Å². The Bertz CT molecular complexity index is 1260. The maximum atomic E-state index is 12.8. The van der Waals surface area contributed by atoms with Gasteiger partial charge in [0.2, 0.25) is 0 Å². The zero-order valence-electron chi connectivity index (χ0n) is 16.8. The summed E-state index contributed by atoms with van der Waals surface area (Å²) in [6, 6.07) is 16.7. The standard InChI is InChI=1S/C23H22N4O3/c1-16-6-8-17(9-7-16)22(28)24-10-11-26-12-13-27-21(23(26)29)15-20(25-27)18-4-3-5-19(14-18)30-2/h3-9,12-15H,10-11H2,1-2H3,(H,24,28). The van der Waals surface area contributed by atoms with Crippen LogP contribution in [0.5, 0.6) is 5.75 Å². The lowest BCUT2D eigenvalue weighted by molar-refractivity contribution is 0.0952. The number of hydrogen-bond donors (Lipinski definition) is 1. The van der Waals surface area contributed by atoms with E-state index >= 15 is 0 Å². The predicted octanol–water partition coefficient (Wildman–Crippen LogP) is 2.91. The van der Waals surface area contributed by atoms with Crippen molar-refractivity contribution in [2.24, 2.45) is 0 Å². The average molecular weight is 402 g/mol. The van der Waals surface area contributed by atoms with Crippen LogP contribution in [0, 0.1) is 6.92 Å². The maximum Gasteiger partial charge on any atom is 0.276 e. The van der Waals surface area contributed by atoms with Crippen LogP contribution in [0.2, 0.25) is 0 Å². The number of hydrogen-bond acceptors (Lipinski definition) is 4. The van der Waals surface area contributed by atoms with Crippen LogP contribution in [0.3, 0.4) is 0 Å². The Morgan fingerprint density at radius 2 is 1.90 bits per heavy atom. The molecule has 0 fully saturated rings. The average Bonchev–Trinajstić information content (AvgIpc) is 3.21. The van der Waals surface area contributed by atoms with E-state index in [1.165, 1.54) is 0 Å². The van der Waals surface area contributed by atoms with E-state index in [2.05, 4.69) is 10.4 Å². The third-order valence-corrected chi connectivity index (χ3v) is 4.92. The lowest BCUT2D eigenvalue weighted by Crippen LogP contribution is -2.31. The van der Waals surface area contributed by atoms with Gasteiger partial charge in [0.05, 0.1) is 12.8 Å². The van der Waals surface area contributed by atoms with E-state index in [-0.39, 0.29) is 11.5 Å². The van der Waals surface area contributed by atoms with E-state index in [4.69, 9.17) is 4.74 Å². The van der Waals surface area contributed by atoms with Crippen molar-refractivity contribution in [2.45, 2.75) is 13.5 Å². The molecule has 0 radical (unpaired) electrons. The Kier molecular flexibility index (Phi) is 5.34. The Labute approximate surface area is 173 Å².